The van der Waals surface area contributed by atoms with Crippen LogP contribution in [-0.4, -0.2) is 60.8 Å². The van der Waals surface area contributed by atoms with Crippen molar-refractivity contribution in [1.82, 2.24) is 0 Å². The first-order valence-electron chi connectivity index (χ1n) is 16.5. The molecule has 0 spiro atoms. The third-order valence-corrected chi connectivity index (χ3v) is 9.08. The number of aryl methyl sites for hydroxylation is 2. The van der Waals surface area contributed by atoms with Crippen molar-refractivity contribution in [2.75, 3.05) is 36.1 Å². The smallest absolute Gasteiger partial charge is 0.302 e. The summed E-state index contributed by atoms with van der Waals surface area (Å²) in [5.41, 5.74) is 7.95. The SMILES string of the molecule is CC(=O)OCCCCCC(=O)c1cc2c3c(c1)CC(=O)N3CCC2.O=C(CCCCCO)c1cc2c3c(c1)CC(=O)N3CCC2. The first-order valence-corrected chi connectivity index (χ1v) is 16.5. The van der Waals surface area contributed by atoms with Gasteiger partial charge in [-0.2, -0.15) is 0 Å². The fraction of sp³-hybridized carbons (Fsp3) is 0.528. The number of amides is 2. The minimum Gasteiger partial charge on any atom is -0.466 e. The van der Waals surface area contributed by atoms with E-state index in [1.54, 1.807) is 0 Å². The highest BCUT2D eigenvalue weighted by Crippen LogP contribution is 2.39. The van der Waals surface area contributed by atoms with Gasteiger partial charge in [-0.15, -0.1) is 0 Å². The number of ether oxygens (including phenoxy) is 1. The van der Waals surface area contributed by atoms with Gasteiger partial charge in [0, 0.05) is 50.6 Å². The number of anilines is 2. The second-order valence-electron chi connectivity index (χ2n) is 12.5. The summed E-state index contributed by atoms with van der Waals surface area (Å²) < 4.78 is 4.88. The molecule has 2 amide bonds. The van der Waals surface area contributed by atoms with E-state index in [0.717, 1.165) is 122 Å². The summed E-state index contributed by atoms with van der Waals surface area (Å²) in [5.74, 6) is 0.350. The van der Waals surface area contributed by atoms with E-state index in [2.05, 4.69) is 0 Å². The molecule has 2 aromatic rings. The number of ketones is 2. The Labute approximate surface area is 264 Å². The number of benzene rings is 2. The maximum atomic E-state index is 12.5. The molecule has 4 aliphatic rings. The molecule has 4 heterocycles. The van der Waals surface area contributed by atoms with Crippen molar-refractivity contribution in [3.63, 3.8) is 0 Å². The fourth-order valence-corrected chi connectivity index (χ4v) is 6.92. The van der Waals surface area contributed by atoms with Gasteiger partial charge in [0.15, 0.2) is 11.6 Å². The number of esters is 1. The second-order valence-corrected chi connectivity index (χ2v) is 12.5. The molecule has 1 N–H and O–H groups in total. The zero-order valence-electron chi connectivity index (χ0n) is 26.3. The Hall–Kier alpha value is -3.85. The minimum atomic E-state index is -0.262. The zero-order chi connectivity index (χ0) is 31.9. The van der Waals surface area contributed by atoms with E-state index in [9.17, 15) is 24.0 Å². The lowest BCUT2D eigenvalue weighted by Crippen LogP contribution is -2.31. The molecule has 0 radical (unpaired) electrons. The van der Waals surface area contributed by atoms with Gasteiger partial charge in [-0.3, -0.25) is 24.0 Å². The Kier molecular flexibility index (Phi) is 10.8. The lowest BCUT2D eigenvalue weighted by molar-refractivity contribution is -0.141. The van der Waals surface area contributed by atoms with Crippen LogP contribution in [0.5, 0.6) is 0 Å². The number of carbonyl (C=O) groups excluding carboxylic acids is 5. The molecule has 0 aromatic heterocycles. The monoisotopic (exact) mass is 616 g/mol. The molecule has 45 heavy (non-hydrogen) atoms. The van der Waals surface area contributed by atoms with Crippen molar-refractivity contribution in [2.24, 2.45) is 0 Å². The van der Waals surface area contributed by atoms with Crippen LogP contribution >= 0.6 is 0 Å². The number of hydrogen-bond donors (Lipinski definition) is 1. The van der Waals surface area contributed by atoms with Gasteiger partial charge in [0.2, 0.25) is 11.8 Å². The minimum absolute atomic E-state index is 0.137. The van der Waals surface area contributed by atoms with Crippen molar-refractivity contribution in [3.8, 4) is 0 Å². The van der Waals surface area contributed by atoms with Gasteiger partial charge in [0.1, 0.15) is 0 Å². The number of unbranched alkanes of at least 4 members (excludes halogenated alkanes) is 4. The van der Waals surface area contributed by atoms with Crippen LogP contribution in [0.15, 0.2) is 24.3 Å². The van der Waals surface area contributed by atoms with Crippen molar-refractivity contribution in [1.29, 1.82) is 0 Å². The Morgan fingerprint density at radius 3 is 1.62 bits per heavy atom. The second kappa shape index (κ2) is 15.0. The summed E-state index contributed by atoms with van der Waals surface area (Å²) in [6, 6.07) is 7.78. The van der Waals surface area contributed by atoms with E-state index in [4.69, 9.17) is 9.84 Å². The van der Waals surface area contributed by atoms with Gasteiger partial charge in [-0.1, -0.05) is 6.42 Å². The number of carbonyl (C=O) groups is 5. The van der Waals surface area contributed by atoms with Crippen LogP contribution < -0.4 is 9.80 Å². The quantitative estimate of drug-likeness (QED) is 0.189. The molecule has 240 valence electrons. The van der Waals surface area contributed by atoms with Gasteiger partial charge in [-0.25, -0.2) is 0 Å². The number of hydrogen-bond acceptors (Lipinski definition) is 7. The summed E-state index contributed by atoms with van der Waals surface area (Å²) in [6.07, 6.45) is 10.6. The largest absolute Gasteiger partial charge is 0.466 e. The standard InChI is InChI=1S/C19H23NO4.C17H21NO3/c1-13(21)24-9-4-2-3-7-17(22)15-10-14-6-5-8-20-18(23)12-16(11-15)19(14)20;19-8-3-1-2-6-15(20)13-9-12-5-4-7-18-16(21)11-14(10-13)17(12)18/h10-11H,2-9,12H2,1H3;9-10,19H,1-8,11H2. The number of aliphatic hydroxyl groups excluding tert-OH is 1. The van der Waals surface area contributed by atoms with E-state index >= 15 is 0 Å². The Morgan fingerprint density at radius 2 is 1.16 bits per heavy atom. The summed E-state index contributed by atoms with van der Waals surface area (Å²) >= 11 is 0. The van der Waals surface area contributed by atoms with Crippen molar-refractivity contribution < 1.29 is 33.8 Å². The number of Topliss-reactive ketones (excluding diaryl/α,β-unsaturated/α-hetero) is 2. The first kappa shape index (κ1) is 32.5. The highest BCUT2D eigenvalue weighted by Gasteiger charge is 2.34. The third-order valence-electron chi connectivity index (χ3n) is 9.08. The van der Waals surface area contributed by atoms with E-state index in [1.807, 2.05) is 34.1 Å². The van der Waals surface area contributed by atoms with Crippen molar-refractivity contribution in [2.45, 2.75) is 96.8 Å². The molecule has 0 fully saturated rings. The molecular weight excluding hydrogens is 572 g/mol. The Bertz CT molecular complexity index is 1480. The molecule has 0 unspecified atom stereocenters. The predicted octanol–water partition coefficient (Wildman–Crippen LogP) is 5.09. The van der Waals surface area contributed by atoms with Gasteiger partial charge >= 0.3 is 5.97 Å². The molecule has 4 aliphatic heterocycles. The highest BCUT2D eigenvalue weighted by molar-refractivity contribution is 6.06. The molecule has 9 heteroatoms. The summed E-state index contributed by atoms with van der Waals surface area (Å²) in [7, 11) is 0. The molecular formula is C36H44N2O7. The van der Waals surface area contributed by atoms with Crippen LogP contribution in [0.3, 0.4) is 0 Å². The number of rotatable bonds is 13. The van der Waals surface area contributed by atoms with Gasteiger partial charge < -0.3 is 19.6 Å². The fourth-order valence-electron chi connectivity index (χ4n) is 6.92. The molecule has 0 saturated carbocycles. The van der Waals surface area contributed by atoms with Crippen LogP contribution in [0.25, 0.3) is 0 Å². The van der Waals surface area contributed by atoms with Crippen LogP contribution in [0.1, 0.15) is 114 Å². The lowest BCUT2D eigenvalue weighted by Gasteiger charge is -2.25. The summed E-state index contributed by atoms with van der Waals surface area (Å²) in [4.78, 5) is 63.2. The van der Waals surface area contributed by atoms with Crippen LogP contribution in [-0.2, 0) is 44.8 Å². The molecule has 0 saturated heterocycles. The van der Waals surface area contributed by atoms with Crippen molar-refractivity contribution >= 4 is 40.7 Å². The van der Waals surface area contributed by atoms with E-state index in [1.165, 1.54) is 6.92 Å². The first-order chi connectivity index (χ1) is 21.8. The van der Waals surface area contributed by atoms with Gasteiger partial charge in [0.25, 0.3) is 0 Å². The molecule has 2 aromatic carbocycles. The topological polar surface area (TPSA) is 121 Å². The van der Waals surface area contributed by atoms with E-state index in [0.29, 0.717) is 32.3 Å². The maximum absolute atomic E-state index is 12.5. The predicted molar refractivity (Wildman–Crippen MR) is 171 cm³/mol. The summed E-state index contributed by atoms with van der Waals surface area (Å²) in [6.45, 7) is 3.62. The summed E-state index contributed by atoms with van der Waals surface area (Å²) in [5, 5.41) is 8.76. The average Bonchev–Trinajstić information content (AvgIpc) is 3.54. The van der Waals surface area contributed by atoms with E-state index in [-0.39, 0.29) is 36.0 Å². The number of nitrogens with zero attached hydrogens (tertiary/aromatic N) is 2. The normalized spacial score (nSPS) is 15.8. The van der Waals surface area contributed by atoms with Gasteiger partial charge in [0.05, 0.1) is 30.8 Å². The molecule has 0 aliphatic carbocycles. The molecule has 0 atom stereocenters. The molecule has 6 rings (SSSR count). The van der Waals surface area contributed by atoms with Crippen molar-refractivity contribution in [3.05, 3.63) is 57.6 Å². The maximum Gasteiger partial charge on any atom is 0.302 e. The van der Waals surface area contributed by atoms with Crippen LogP contribution in [0.2, 0.25) is 0 Å². The zero-order valence-corrected chi connectivity index (χ0v) is 26.3. The Morgan fingerprint density at radius 1 is 0.689 bits per heavy atom. The highest BCUT2D eigenvalue weighted by atomic mass is 16.5. The van der Waals surface area contributed by atoms with Crippen LogP contribution in [0.4, 0.5) is 11.4 Å². The third kappa shape index (κ3) is 7.69. The Balaban J connectivity index is 0.000000179. The van der Waals surface area contributed by atoms with E-state index < -0.39 is 0 Å². The van der Waals surface area contributed by atoms with Crippen LogP contribution in [0, 0.1) is 0 Å². The molecule has 9 nitrogen and oxygen atoms in total. The lowest BCUT2D eigenvalue weighted by atomic mass is 9.94. The average molecular weight is 617 g/mol. The molecule has 0 bridgehead atoms. The van der Waals surface area contributed by atoms with Gasteiger partial charge in [-0.05, 0) is 104 Å². The number of aliphatic hydroxyl groups is 1.